The van der Waals surface area contributed by atoms with Crippen molar-refractivity contribution in [3.63, 3.8) is 0 Å². The van der Waals surface area contributed by atoms with Crippen molar-refractivity contribution in [2.45, 2.75) is 38.1 Å². The molecular formula is C16H22FNO5S. The van der Waals surface area contributed by atoms with Crippen molar-refractivity contribution in [1.82, 2.24) is 5.32 Å². The molecule has 1 amide bonds. The lowest BCUT2D eigenvalue weighted by Crippen LogP contribution is -2.45. The molecule has 0 saturated heterocycles. The van der Waals surface area contributed by atoms with Crippen molar-refractivity contribution < 1.29 is 27.5 Å². The largest absolute Gasteiger partial charge is 0.480 e. The molecule has 134 valence electrons. The van der Waals surface area contributed by atoms with Crippen LogP contribution in [-0.4, -0.2) is 37.2 Å². The summed E-state index contributed by atoms with van der Waals surface area (Å²) in [4.78, 5) is 23.2. The molecule has 0 fully saturated rings. The highest BCUT2D eigenvalue weighted by Gasteiger charge is 2.27. The first-order valence-corrected chi connectivity index (χ1v) is 9.19. The van der Waals surface area contributed by atoms with Gasteiger partial charge in [-0.05, 0) is 36.6 Å². The first-order chi connectivity index (χ1) is 11.0. The SMILES string of the molecule is CC(C)C[C@@H](NC(=O)C(C)CS(=O)(=O)c1ccc(F)cc1)C(=O)O. The lowest BCUT2D eigenvalue weighted by molar-refractivity contribution is -0.142. The number of nitrogens with one attached hydrogen (secondary N) is 1. The number of carbonyl (C=O) groups excluding carboxylic acids is 1. The molecule has 1 aromatic carbocycles. The normalized spacial score (nSPS) is 14.2. The summed E-state index contributed by atoms with van der Waals surface area (Å²) in [7, 11) is -3.78. The summed E-state index contributed by atoms with van der Waals surface area (Å²) < 4.78 is 37.3. The van der Waals surface area contributed by atoms with Crippen molar-refractivity contribution in [2.24, 2.45) is 11.8 Å². The summed E-state index contributed by atoms with van der Waals surface area (Å²) in [5.74, 6) is -3.73. The van der Waals surface area contributed by atoms with Gasteiger partial charge in [-0.15, -0.1) is 0 Å². The second kappa shape index (κ2) is 8.23. The number of benzene rings is 1. The van der Waals surface area contributed by atoms with Gasteiger partial charge < -0.3 is 10.4 Å². The van der Waals surface area contributed by atoms with Crippen molar-refractivity contribution in [3.05, 3.63) is 30.1 Å². The van der Waals surface area contributed by atoms with Crippen LogP contribution < -0.4 is 5.32 Å². The van der Waals surface area contributed by atoms with Crippen molar-refractivity contribution in [1.29, 1.82) is 0 Å². The molecule has 0 bridgehead atoms. The van der Waals surface area contributed by atoms with E-state index in [2.05, 4.69) is 5.32 Å². The number of amides is 1. The zero-order chi connectivity index (χ0) is 18.5. The maximum atomic E-state index is 12.9. The highest BCUT2D eigenvalue weighted by atomic mass is 32.2. The third-order valence-corrected chi connectivity index (χ3v) is 5.34. The number of rotatable bonds is 8. The summed E-state index contributed by atoms with van der Waals surface area (Å²) in [6.45, 7) is 5.06. The molecule has 0 spiro atoms. The quantitative estimate of drug-likeness (QED) is 0.690. The fraction of sp³-hybridized carbons (Fsp3) is 0.500. The first-order valence-electron chi connectivity index (χ1n) is 7.54. The van der Waals surface area contributed by atoms with Gasteiger partial charge in [0.25, 0.3) is 0 Å². The third-order valence-electron chi connectivity index (χ3n) is 3.41. The Hall–Kier alpha value is -1.96. The zero-order valence-electron chi connectivity index (χ0n) is 13.8. The number of hydrogen-bond donors (Lipinski definition) is 2. The summed E-state index contributed by atoms with van der Waals surface area (Å²) in [6, 6.07) is 3.26. The Morgan fingerprint density at radius 1 is 1.17 bits per heavy atom. The molecule has 2 atom stereocenters. The molecule has 2 N–H and O–H groups in total. The van der Waals surface area contributed by atoms with Crippen LogP contribution in [0.25, 0.3) is 0 Å². The number of carbonyl (C=O) groups is 2. The van der Waals surface area contributed by atoms with Crippen LogP contribution in [0.1, 0.15) is 27.2 Å². The summed E-state index contributed by atoms with van der Waals surface area (Å²) >= 11 is 0. The predicted octanol–water partition coefficient (Wildman–Crippen LogP) is 1.85. The Balaban J connectivity index is 2.78. The second-order valence-electron chi connectivity index (χ2n) is 6.17. The number of hydrogen-bond acceptors (Lipinski definition) is 4. The highest BCUT2D eigenvalue weighted by molar-refractivity contribution is 7.91. The van der Waals surface area contributed by atoms with E-state index in [-0.39, 0.29) is 17.2 Å². The van der Waals surface area contributed by atoms with Crippen molar-refractivity contribution >= 4 is 21.7 Å². The minimum absolute atomic E-state index is 0.0599. The topological polar surface area (TPSA) is 101 Å². The number of sulfone groups is 1. The molecule has 0 aliphatic rings. The van der Waals surface area contributed by atoms with Gasteiger partial charge >= 0.3 is 5.97 Å². The van der Waals surface area contributed by atoms with Crippen LogP contribution in [0, 0.1) is 17.7 Å². The molecule has 0 aliphatic heterocycles. The fourth-order valence-corrected chi connectivity index (χ4v) is 3.70. The Bertz CT molecular complexity index is 685. The Morgan fingerprint density at radius 2 is 1.71 bits per heavy atom. The third kappa shape index (κ3) is 5.92. The van der Waals surface area contributed by atoms with Crippen molar-refractivity contribution in [2.75, 3.05) is 5.75 Å². The monoisotopic (exact) mass is 359 g/mol. The summed E-state index contributed by atoms with van der Waals surface area (Å²) in [6.07, 6.45) is 0.249. The van der Waals surface area contributed by atoms with Gasteiger partial charge in [0.15, 0.2) is 9.84 Å². The molecule has 1 unspecified atom stereocenters. The minimum Gasteiger partial charge on any atom is -0.480 e. The van der Waals surface area contributed by atoms with E-state index in [1.54, 1.807) is 0 Å². The maximum Gasteiger partial charge on any atom is 0.326 e. The summed E-state index contributed by atoms with van der Waals surface area (Å²) in [5, 5.41) is 11.5. The molecule has 0 saturated carbocycles. The molecule has 24 heavy (non-hydrogen) atoms. The molecule has 1 aromatic rings. The van der Waals surface area contributed by atoms with Crippen LogP contribution in [0.3, 0.4) is 0 Å². The van der Waals surface area contributed by atoms with Crippen LogP contribution in [0.15, 0.2) is 29.2 Å². The van der Waals surface area contributed by atoms with E-state index < -0.39 is 45.2 Å². The average Bonchev–Trinajstić information content (AvgIpc) is 2.45. The Labute approximate surface area is 141 Å². The smallest absolute Gasteiger partial charge is 0.326 e. The van der Waals surface area contributed by atoms with Gasteiger partial charge in [-0.3, -0.25) is 4.79 Å². The standard InChI is InChI=1S/C16H22FNO5S/c1-10(2)8-14(16(20)21)18-15(19)11(3)9-24(22,23)13-6-4-12(17)5-7-13/h4-7,10-11,14H,8-9H2,1-3H3,(H,18,19)(H,20,21)/t11?,14-/m1/s1. The lowest BCUT2D eigenvalue weighted by Gasteiger charge is -2.19. The Morgan fingerprint density at radius 3 is 2.17 bits per heavy atom. The molecule has 1 rings (SSSR count). The van der Waals surface area contributed by atoms with Crippen LogP contribution in [0.4, 0.5) is 4.39 Å². The van der Waals surface area contributed by atoms with Gasteiger partial charge in [0.2, 0.25) is 5.91 Å². The number of aliphatic carboxylic acids is 1. The predicted molar refractivity (Wildman–Crippen MR) is 86.6 cm³/mol. The second-order valence-corrected chi connectivity index (χ2v) is 8.20. The van der Waals surface area contributed by atoms with E-state index >= 15 is 0 Å². The lowest BCUT2D eigenvalue weighted by atomic mass is 10.0. The van der Waals surface area contributed by atoms with Crippen molar-refractivity contribution in [3.8, 4) is 0 Å². The van der Waals surface area contributed by atoms with Gasteiger partial charge in [0, 0.05) is 5.92 Å². The van der Waals surface area contributed by atoms with E-state index in [0.29, 0.717) is 0 Å². The summed E-state index contributed by atoms with van der Waals surface area (Å²) in [5.41, 5.74) is 0. The van der Waals surface area contributed by atoms with Crippen LogP contribution >= 0.6 is 0 Å². The molecule has 6 nitrogen and oxygen atoms in total. The van der Waals surface area contributed by atoms with Gasteiger partial charge in [-0.2, -0.15) is 0 Å². The molecule has 0 radical (unpaired) electrons. The number of halogens is 1. The molecular weight excluding hydrogens is 337 g/mol. The minimum atomic E-state index is -3.78. The average molecular weight is 359 g/mol. The van der Waals surface area contributed by atoms with Gasteiger partial charge in [0.05, 0.1) is 10.6 Å². The first kappa shape index (κ1) is 20.1. The molecule has 8 heteroatoms. The molecule has 0 aromatic heterocycles. The maximum absolute atomic E-state index is 12.9. The zero-order valence-corrected chi connectivity index (χ0v) is 14.6. The highest BCUT2D eigenvalue weighted by Crippen LogP contribution is 2.15. The van der Waals surface area contributed by atoms with E-state index in [1.807, 2.05) is 13.8 Å². The van der Waals surface area contributed by atoms with E-state index in [9.17, 15) is 22.4 Å². The van der Waals surface area contributed by atoms with Gasteiger partial charge in [-0.25, -0.2) is 17.6 Å². The molecule has 0 heterocycles. The van der Waals surface area contributed by atoms with Gasteiger partial charge in [0.1, 0.15) is 11.9 Å². The Kier molecular flexibility index (Phi) is 6.89. The van der Waals surface area contributed by atoms with E-state index in [1.165, 1.54) is 6.92 Å². The van der Waals surface area contributed by atoms with Gasteiger partial charge in [-0.1, -0.05) is 20.8 Å². The van der Waals surface area contributed by atoms with Crippen LogP contribution in [0.2, 0.25) is 0 Å². The number of carboxylic acids is 1. The van der Waals surface area contributed by atoms with E-state index in [4.69, 9.17) is 5.11 Å². The van der Waals surface area contributed by atoms with Crippen LogP contribution in [-0.2, 0) is 19.4 Å². The fourth-order valence-electron chi connectivity index (χ4n) is 2.15. The number of carboxylic acid groups (broad SMARTS) is 1. The molecule has 0 aliphatic carbocycles. The van der Waals surface area contributed by atoms with E-state index in [0.717, 1.165) is 24.3 Å². The van der Waals surface area contributed by atoms with Crippen LogP contribution in [0.5, 0.6) is 0 Å².